The maximum atomic E-state index is 13.5. The van der Waals surface area contributed by atoms with Gasteiger partial charge in [0.2, 0.25) is 10.0 Å². The Bertz CT molecular complexity index is 1810. The van der Waals surface area contributed by atoms with Crippen LogP contribution in [0.2, 0.25) is 0 Å². The van der Waals surface area contributed by atoms with Crippen LogP contribution in [0.4, 0.5) is 0 Å². The summed E-state index contributed by atoms with van der Waals surface area (Å²) in [6.45, 7) is 3.53. The highest BCUT2D eigenvalue weighted by Gasteiger charge is 2.29. The van der Waals surface area contributed by atoms with Gasteiger partial charge in [-0.3, -0.25) is 0 Å². The third kappa shape index (κ3) is 5.52. The lowest BCUT2D eigenvalue weighted by atomic mass is 10.00. The van der Waals surface area contributed by atoms with Gasteiger partial charge in [-0.1, -0.05) is 78.4 Å². The molecule has 4 aromatic carbocycles. The summed E-state index contributed by atoms with van der Waals surface area (Å²) in [6.07, 6.45) is 0. The normalized spacial score (nSPS) is 12.3. The van der Waals surface area contributed by atoms with Crippen LogP contribution in [-0.2, 0) is 14.8 Å². The van der Waals surface area contributed by atoms with E-state index >= 15 is 0 Å². The molecule has 0 saturated heterocycles. The van der Waals surface area contributed by atoms with E-state index in [1.165, 1.54) is 18.2 Å². The molecule has 1 heterocycles. The van der Waals surface area contributed by atoms with Gasteiger partial charge >= 0.3 is 11.6 Å². The zero-order valence-electron chi connectivity index (χ0n) is 21.3. The molecule has 0 radical (unpaired) electrons. The van der Waals surface area contributed by atoms with Crippen molar-refractivity contribution >= 4 is 27.0 Å². The average molecular weight is 540 g/mol. The molecular weight excluding hydrogens is 514 g/mol. The summed E-state index contributed by atoms with van der Waals surface area (Å²) >= 11 is 0. The molecule has 8 heteroatoms. The summed E-state index contributed by atoms with van der Waals surface area (Å²) in [4.78, 5) is 25.9. The molecular formula is C31H25NO6S. The van der Waals surface area contributed by atoms with Gasteiger partial charge in [0.05, 0.1) is 4.90 Å². The van der Waals surface area contributed by atoms with Gasteiger partial charge in [-0.25, -0.2) is 18.0 Å². The minimum atomic E-state index is -4.06. The van der Waals surface area contributed by atoms with E-state index in [9.17, 15) is 18.0 Å². The van der Waals surface area contributed by atoms with E-state index in [4.69, 9.17) is 9.15 Å². The lowest BCUT2D eigenvalue weighted by Gasteiger charge is -2.19. The Morgan fingerprint density at radius 2 is 1.49 bits per heavy atom. The van der Waals surface area contributed by atoms with Crippen molar-refractivity contribution in [1.29, 1.82) is 0 Å². The van der Waals surface area contributed by atoms with Crippen molar-refractivity contribution in [2.75, 3.05) is 0 Å². The topological polar surface area (TPSA) is 103 Å². The van der Waals surface area contributed by atoms with E-state index in [2.05, 4.69) is 4.72 Å². The van der Waals surface area contributed by atoms with Gasteiger partial charge in [0.1, 0.15) is 17.4 Å². The molecule has 0 fully saturated rings. The first-order valence-corrected chi connectivity index (χ1v) is 13.7. The first kappa shape index (κ1) is 26.1. The van der Waals surface area contributed by atoms with E-state index in [0.717, 1.165) is 11.1 Å². The fourth-order valence-corrected chi connectivity index (χ4v) is 5.49. The Labute approximate surface area is 225 Å². The molecule has 0 spiro atoms. The summed E-state index contributed by atoms with van der Waals surface area (Å²) in [6, 6.07) is 27.6. The Hall–Kier alpha value is -4.53. The molecule has 0 aliphatic carbocycles. The fraction of sp³-hybridized carbons (Fsp3) is 0.0968. The Morgan fingerprint density at radius 1 is 0.846 bits per heavy atom. The van der Waals surface area contributed by atoms with Crippen LogP contribution >= 0.6 is 0 Å². The van der Waals surface area contributed by atoms with Gasteiger partial charge in [-0.05, 0) is 54.8 Å². The highest BCUT2D eigenvalue weighted by atomic mass is 32.2. The maximum Gasteiger partial charge on any atom is 0.336 e. The van der Waals surface area contributed by atoms with Crippen molar-refractivity contribution in [3.05, 3.63) is 130 Å². The number of esters is 1. The number of benzene rings is 4. The number of ether oxygens (including phenoxy) is 1. The van der Waals surface area contributed by atoms with E-state index < -0.39 is 27.7 Å². The van der Waals surface area contributed by atoms with E-state index in [1.807, 2.05) is 37.3 Å². The van der Waals surface area contributed by atoms with Crippen LogP contribution in [0.5, 0.6) is 5.75 Å². The molecule has 0 aliphatic rings. The second kappa shape index (κ2) is 10.7. The van der Waals surface area contributed by atoms with Crippen molar-refractivity contribution in [2.24, 2.45) is 0 Å². The van der Waals surface area contributed by atoms with Gasteiger partial charge in [0, 0.05) is 17.0 Å². The third-order valence-corrected chi connectivity index (χ3v) is 7.82. The van der Waals surface area contributed by atoms with Crippen molar-refractivity contribution in [3.8, 4) is 16.9 Å². The smallest absolute Gasteiger partial charge is 0.336 e. The Balaban J connectivity index is 1.51. The molecule has 0 amide bonds. The summed E-state index contributed by atoms with van der Waals surface area (Å²) < 4.78 is 40.1. The van der Waals surface area contributed by atoms with Gasteiger partial charge in [-0.15, -0.1) is 0 Å². The zero-order chi connectivity index (χ0) is 27.6. The average Bonchev–Trinajstić information content (AvgIpc) is 2.94. The highest BCUT2D eigenvalue weighted by molar-refractivity contribution is 7.89. The second-order valence-corrected chi connectivity index (χ2v) is 10.8. The van der Waals surface area contributed by atoms with Crippen LogP contribution in [0.25, 0.3) is 22.1 Å². The number of sulfonamides is 1. The number of hydrogen-bond acceptors (Lipinski definition) is 6. The Morgan fingerprint density at radius 3 is 2.15 bits per heavy atom. The molecule has 1 atom stereocenters. The predicted molar refractivity (Wildman–Crippen MR) is 149 cm³/mol. The predicted octanol–water partition coefficient (Wildman–Crippen LogP) is 5.70. The van der Waals surface area contributed by atoms with Crippen LogP contribution in [-0.4, -0.2) is 14.4 Å². The quantitative estimate of drug-likeness (QED) is 0.162. The molecule has 5 aromatic rings. The monoisotopic (exact) mass is 539 g/mol. The number of fused-ring (bicyclic) bond motifs is 1. The molecule has 39 heavy (non-hydrogen) atoms. The molecule has 0 aliphatic heterocycles. The van der Waals surface area contributed by atoms with Crippen molar-refractivity contribution in [2.45, 2.75) is 24.8 Å². The molecule has 1 N–H and O–H groups in total. The molecule has 7 nitrogen and oxygen atoms in total. The summed E-state index contributed by atoms with van der Waals surface area (Å²) in [7, 11) is -4.06. The van der Waals surface area contributed by atoms with Crippen molar-refractivity contribution in [3.63, 3.8) is 0 Å². The van der Waals surface area contributed by atoms with Crippen LogP contribution in [0.15, 0.2) is 117 Å². The third-order valence-electron chi connectivity index (χ3n) is 6.38. The fourth-order valence-electron chi connectivity index (χ4n) is 4.32. The van der Waals surface area contributed by atoms with Crippen molar-refractivity contribution < 1.29 is 22.4 Å². The molecule has 0 bridgehead atoms. The van der Waals surface area contributed by atoms with Gasteiger partial charge in [0.15, 0.2) is 0 Å². The Kier molecular flexibility index (Phi) is 7.15. The summed E-state index contributed by atoms with van der Waals surface area (Å²) in [5.41, 5.74) is 3.02. The number of nitrogens with one attached hydrogen (secondary N) is 1. The lowest BCUT2D eigenvalue weighted by Crippen LogP contribution is -2.36. The number of carbonyl (C=O) groups is 1. The maximum absolute atomic E-state index is 13.5. The molecule has 0 saturated carbocycles. The first-order chi connectivity index (χ1) is 18.7. The lowest BCUT2D eigenvalue weighted by molar-refractivity contribution is -0.136. The standard InChI is InChI=1S/C31H25NO6S/c1-20-13-15-24(16-14-20)39(35,36)32-29(23-11-7-4-8-12-23)31(34)37-27-18-17-25-26(22-9-5-3-6-10-22)19-28(33)38-30(25)21(27)2/h3-19,29,32H,1-2H3. The van der Waals surface area contributed by atoms with Crippen LogP contribution < -0.4 is 15.1 Å². The van der Waals surface area contributed by atoms with Gasteiger partial charge in [-0.2, -0.15) is 4.72 Å². The molecule has 1 unspecified atom stereocenters. The van der Waals surface area contributed by atoms with Crippen LogP contribution in [0, 0.1) is 13.8 Å². The minimum absolute atomic E-state index is 0.0268. The van der Waals surface area contributed by atoms with Crippen molar-refractivity contribution in [1.82, 2.24) is 4.72 Å². The first-order valence-electron chi connectivity index (χ1n) is 12.2. The van der Waals surface area contributed by atoms with E-state index in [-0.39, 0.29) is 16.2 Å². The number of carbonyl (C=O) groups excluding carboxylic acids is 1. The van der Waals surface area contributed by atoms with E-state index in [1.54, 1.807) is 61.5 Å². The number of rotatable bonds is 7. The number of aryl methyl sites for hydroxylation is 2. The van der Waals surface area contributed by atoms with E-state index in [0.29, 0.717) is 22.1 Å². The van der Waals surface area contributed by atoms with Crippen LogP contribution in [0.1, 0.15) is 22.7 Å². The largest absolute Gasteiger partial charge is 0.425 e. The molecule has 196 valence electrons. The molecule has 5 rings (SSSR count). The minimum Gasteiger partial charge on any atom is -0.425 e. The van der Waals surface area contributed by atoms with Crippen LogP contribution in [0.3, 0.4) is 0 Å². The van der Waals surface area contributed by atoms with Gasteiger partial charge < -0.3 is 9.15 Å². The summed E-state index contributed by atoms with van der Waals surface area (Å²) in [5, 5.41) is 0.679. The summed E-state index contributed by atoms with van der Waals surface area (Å²) in [5.74, 6) is -0.683. The molecule has 1 aromatic heterocycles. The number of hydrogen-bond donors (Lipinski definition) is 1. The zero-order valence-corrected chi connectivity index (χ0v) is 22.1. The second-order valence-electron chi connectivity index (χ2n) is 9.11. The highest BCUT2D eigenvalue weighted by Crippen LogP contribution is 2.33. The SMILES string of the molecule is Cc1ccc(S(=O)(=O)NC(C(=O)Oc2ccc3c(-c4ccccc4)cc(=O)oc3c2C)c2ccccc2)cc1. The van der Waals surface area contributed by atoms with Gasteiger partial charge in [0.25, 0.3) is 0 Å².